The number of hydrogen-bond acceptors (Lipinski definition) is 6. The zero-order valence-electron chi connectivity index (χ0n) is 17.5. The third-order valence-corrected chi connectivity index (χ3v) is 5.01. The minimum Gasteiger partial charge on any atom is -0.421 e. The number of nitrogens with zero attached hydrogens (tertiary/aromatic N) is 3. The molecule has 0 saturated carbocycles. The third kappa shape index (κ3) is 5.35. The maximum Gasteiger partial charge on any atom is 0.416 e. The smallest absolute Gasteiger partial charge is 0.416 e. The number of aliphatic imine (C=N–C) groups is 1. The van der Waals surface area contributed by atoms with E-state index in [0.717, 1.165) is 17.8 Å². The Hall–Kier alpha value is -3.79. The van der Waals surface area contributed by atoms with Crippen LogP contribution in [0.3, 0.4) is 0 Å². The molecule has 1 aromatic heterocycles. The minimum absolute atomic E-state index is 0.0651. The van der Waals surface area contributed by atoms with E-state index < -0.39 is 23.7 Å². The number of amides is 1. The standard InChI is InChI=1S/C23H20F3N5O2/c1-27-12-16-11-21(29-13-28-16)33-20-9-8-17-18(6-3-7-19(17)31-20)22(32)30-15-5-2-4-14(10-15)23(24,25)26/h2-11,13,17,19,27H,12H2,1H3,(H,30,32). The van der Waals surface area contributed by atoms with Crippen LogP contribution >= 0.6 is 0 Å². The summed E-state index contributed by atoms with van der Waals surface area (Å²) in [7, 11) is 1.81. The second-order valence-electron chi connectivity index (χ2n) is 7.36. The van der Waals surface area contributed by atoms with Gasteiger partial charge in [-0.05, 0) is 31.3 Å². The molecule has 7 nitrogen and oxygen atoms in total. The number of halogens is 3. The first-order valence-electron chi connectivity index (χ1n) is 10.1. The van der Waals surface area contributed by atoms with E-state index in [1.165, 1.54) is 18.5 Å². The number of allylic oxidation sites excluding steroid dienone is 2. The lowest BCUT2D eigenvalue weighted by atomic mass is 9.85. The Morgan fingerprint density at radius 3 is 2.82 bits per heavy atom. The maximum absolute atomic E-state index is 13.0. The SMILES string of the molecule is CNCc1cc(OC2=NC3C=CC=C(C(=O)Nc4cccc(C(F)(F)F)c4)C3C=C2)ncn1. The molecule has 33 heavy (non-hydrogen) atoms. The zero-order chi connectivity index (χ0) is 23.4. The van der Waals surface area contributed by atoms with Crippen molar-refractivity contribution in [3.05, 3.63) is 83.9 Å². The Bertz CT molecular complexity index is 1170. The molecule has 0 spiro atoms. The fourth-order valence-electron chi connectivity index (χ4n) is 3.49. The van der Waals surface area contributed by atoms with Gasteiger partial charge in [0.1, 0.15) is 6.33 Å². The highest BCUT2D eigenvalue weighted by atomic mass is 19.4. The van der Waals surface area contributed by atoms with Crippen molar-refractivity contribution in [2.24, 2.45) is 10.9 Å². The minimum atomic E-state index is -4.49. The summed E-state index contributed by atoms with van der Waals surface area (Å²) in [6.07, 6.45) is 5.48. The number of benzene rings is 1. The van der Waals surface area contributed by atoms with Crippen molar-refractivity contribution in [2.75, 3.05) is 12.4 Å². The Kier molecular flexibility index (Phi) is 6.36. The van der Waals surface area contributed by atoms with E-state index in [4.69, 9.17) is 4.74 Å². The lowest BCUT2D eigenvalue weighted by Crippen LogP contribution is -2.31. The summed E-state index contributed by atoms with van der Waals surface area (Å²) in [4.78, 5) is 25.6. The molecule has 1 aliphatic heterocycles. The summed E-state index contributed by atoms with van der Waals surface area (Å²) in [5.74, 6) is -0.201. The van der Waals surface area contributed by atoms with E-state index in [-0.39, 0.29) is 11.6 Å². The summed E-state index contributed by atoms with van der Waals surface area (Å²) in [5.41, 5.74) is 0.379. The largest absolute Gasteiger partial charge is 0.421 e. The van der Waals surface area contributed by atoms with Crippen molar-refractivity contribution in [1.82, 2.24) is 15.3 Å². The lowest BCUT2D eigenvalue weighted by molar-refractivity contribution is -0.137. The maximum atomic E-state index is 13.0. The number of hydrogen-bond donors (Lipinski definition) is 2. The Labute approximate surface area is 187 Å². The first kappa shape index (κ1) is 22.4. The molecule has 170 valence electrons. The van der Waals surface area contributed by atoms with Crippen molar-refractivity contribution in [2.45, 2.75) is 18.8 Å². The average Bonchev–Trinajstić information content (AvgIpc) is 2.78. The predicted molar refractivity (Wildman–Crippen MR) is 117 cm³/mol. The number of fused-ring (bicyclic) bond motifs is 1. The average molecular weight is 455 g/mol. The number of ether oxygens (including phenoxy) is 1. The normalized spacial score (nSPS) is 19.4. The van der Waals surface area contributed by atoms with Crippen LogP contribution in [0.2, 0.25) is 0 Å². The van der Waals surface area contributed by atoms with Gasteiger partial charge in [0.25, 0.3) is 5.91 Å². The summed E-state index contributed by atoms with van der Waals surface area (Å²) in [5, 5.41) is 5.54. The van der Waals surface area contributed by atoms with Gasteiger partial charge >= 0.3 is 6.18 Å². The molecular formula is C23H20F3N5O2. The van der Waals surface area contributed by atoms with Crippen molar-refractivity contribution < 1.29 is 22.7 Å². The van der Waals surface area contributed by atoms with Crippen LogP contribution in [0.1, 0.15) is 11.3 Å². The van der Waals surface area contributed by atoms with Gasteiger partial charge in [0.05, 0.1) is 17.3 Å². The van der Waals surface area contributed by atoms with Gasteiger partial charge in [-0.1, -0.05) is 30.4 Å². The van der Waals surface area contributed by atoms with Gasteiger partial charge in [-0.3, -0.25) is 4.79 Å². The van der Waals surface area contributed by atoms with Gasteiger partial charge in [-0.2, -0.15) is 13.2 Å². The molecular weight excluding hydrogens is 435 g/mol. The number of anilines is 1. The van der Waals surface area contributed by atoms with Crippen LogP contribution in [-0.2, 0) is 17.5 Å². The highest BCUT2D eigenvalue weighted by molar-refractivity contribution is 6.05. The quantitative estimate of drug-likeness (QED) is 0.718. The summed E-state index contributed by atoms with van der Waals surface area (Å²) < 4.78 is 44.6. The molecule has 1 aliphatic carbocycles. The molecule has 2 atom stereocenters. The third-order valence-electron chi connectivity index (χ3n) is 5.01. The van der Waals surface area contributed by atoms with E-state index in [1.807, 2.05) is 6.08 Å². The van der Waals surface area contributed by atoms with E-state index in [0.29, 0.717) is 23.9 Å². The van der Waals surface area contributed by atoms with Crippen LogP contribution < -0.4 is 15.4 Å². The molecule has 2 aromatic rings. The van der Waals surface area contributed by atoms with Gasteiger partial charge in [0.2, 0.25) is 11.8 Å². The molecule has 2 N–H and O–H groups in total. The number of dihydropyridines is 1. The lowest BCUT2D eigenvalue weighted by Gasteiger charge is -2.27. The van der Waals surface area contributed by atoms with Gasteiger partial charge in [0, 0.05) is 29.8 Å². The van der Waals surface area contributed by atoms with Crippen LogP contribution in [0, 0.1) is 5.92 Å². The Balaban J connectivity index is 1.46. The number of nitrogens with one attached hydrogen (secondary N) is 2. The molecule has 0 saturated heterocycles. The molecule has 2 unspecified atom stereocenters. The van der Waals surface area contributed by atoms with Crippen LogP contribution in [0.4, 0.5) is 18.9 Å². The van der Waals surface area contributed by atoms with E-state index in [9.17, 15) is 18.0 Å². The number of aromatic nitrogens is 2. The van der Waals surface area contributed by atoms with Crippen molar-refractivity contribution in [3.63, 3.8) is 0 Å². The topological polar surface area (TPSA) is 88.5 Å². The van der Waals surface area contributed by atoms with Gasteiger partial charge in [0.15, 0.2) is 0 Å². The Morgan fingerprint density at radius 1 is 1.18 bits per heavy atom. The fraction of sp³-hybridized carbons (Fsp3) is 0.217. The molecule has 0 fully saturated rings. The number of carbonyl (C=O) groups is 1. The second kappa shape index (κ2) is 9.37. The molecule has 0 radical (unpaired) electrons. The number of carbonyl (C=O) groups excluding carboxylic acids is 1. The summed E-state index contributed by atoms with van der Waals surface area (Å²) >= 11 is 0. The first-order chi connectivity index (χ1) is 15.8. The van der Waals surface area contributed by atoms with Crippen LogP contribution in [0.25, 0.3) is 0 Å². The van der Waals surface area contributed by atoms with Crippen molar-refractivity contribution in [1.29, 1.82) is 0 Å². The van der Waals surface area contributed by atoms with E-state index in [1.54, 1.807) is 37.4 Å². The van der Waals surface area contributed by atoms with Gasteiger partial charge < -0.3 is 15.4 Å². The molecule has 2 aliphatic rings. The molecule has 10 heteroatoms. The first-order valence-corrected chi connectivity index (χ1v) is 10.1. The molecule has 2 heterocycles. The Morgan fingerprint density at radius 2 is 2.03 bits per heavy atom. The predicted octanol–water partition coefficient (Wildman–Crippen LogP) is 3.68. The number of rotatable bonds is 5. The summed E-state index contributed by atoms with van der Waals surface area (Å²) in [6.45, 7) is 0.559. The highest BCUT2D eigenvalue weighted by Crippen LogP contribution is 2.32. The van der Waals surface area contributed by atoms with E-state index in [2.05, 4.69) is 25.6 Å². The molecule has 1 amide bonds. The summed E-state index contributed by atoms with van der Waals surface area (Å²) in [6, 6.07) is 5.82. The fourth-order valence-corrected chi connectivity index (χ4v) is 3.49. The van der Waals surface area contributed by atoms with Crippen molar-refractivity contribution in [3.8, 4) is 5.88 Å². The second-order valence-corrected chi connectivity index (χ2v) is 7.36. The van der Waals surface area contributed by atoms with E-state index >= 15 is 0 Å². The van der Waals surface area contributed by atoms with Crippen LogP contribution in [-0.4, -0.2) is 34.9 Å². The highest BCUT2D eigenvalue weighted by Gasteiger charge is 2.32. The molecule has 1 aromatic carbocycles. The number of alkyl halides is 3. The molecule has 0 bridgehead atoms. The van der Waals surface area contributed by atoms with Crippen LogP contribution in [0.5, 0.6) is 5.88 Å². The van der Waals surface area contributed by atoms with Crippen LogP contribution in [0.15, 0.2) is 77.6 Å². The van der Waals surface area contributed by atoms with Gasteiger partial charge in [-0.25, -0.2) is 15.0 Å². The molecule has 4 rings (SSSR count). The van der Waals surface area contributed by atoms with Gasteiger partial charge in [-0.15, -0.1) is 0 Å². The van der Waals surface area contributed by atoms with Crippen molar-refractivity contribution >= 4 is 17.5 Å². The zero-order valence-corrected chi connectivity index (χ0v) is 17.5. The monoisotopic (exact) mass is 455 g/mol.